The van der Waals surface area contributed by atoms with Gasteiger partial charge in [-0.1, -0.05) is 41.7 Å². The molecule has 1 amide bonds. The van der Waals surface area contributed by atoms with Crippen molar-refractivity contribution in [1.29, 1.82) is 0 Å². The molecule has 0 aliphatic heterocycles. The van der Waals surface area contributed by atoms with E-state index in [1.165, 1.54) is 11.3 Å². The number of benzene rings is 1. The Morgan fingerprint density at radius 2 is 2.04 bits per heavy atom. The number of hydrogen-bond donors (Lipinski definition) is 1. The topological polar surface area (TPSA) is 75.9 Å². The van der Waals surface area contributed by atoms with E-state index in [0.717, 1.165) is 23.5 Å². The Morgan fingerprint density at radius 1 is 1.24 bits per heavy atom. The highest BCUT2D eigenvalue weighted by Crippen LogP contribution is 2.17. The lowest BCUT2D eigenvalue weighted by molar-refractivity contribution is 0.102. The minimum Gasteiger partial charge on any atom is -0.309 e. The number of amides is 1. The zero-order valence-electron chi connectivity index (χ0n) is 14.2. The van der Waals surface area contributed by atoms with Crippen molar-refractivity contribution < 1.29 is 4.79 Å². The Bertz CT molecular complexity index is 827. The third kappa shape index (κ3) is 4.94. The Hall–Kier alpha value is -2.58. The maximum Gasteiger partial charge on any atom is 0.260 e. The molecule has 0 aliphatic rings. The molecule has 3 aromatic rings. The molecule has 0 radical (unpaired) electrons. The molecule has 2 aromatic heterocycles. The van der Waals surface area contributed by atoms with Crippen molar-refractivity contribution in [2.24, 2.45) is 0 Å². The normalized spacial score (nSPS) is 11.0. The molecule has 0 saturated heterocycles. The van der Waals surface area contributed by atoms with Crippen LogP contribution in [0, 0.1) is 0 Å². The summed E-state index contributed by atoms with van der Waals surface area (Å²) in [6.07, 6.45) is 4.11. The van der Waals surface area contributed by atoms with Gasteiger partial charge in [0.2, 0.25) is 5.13 Å². The average Bonchev–Trinajstić information content (AvgIpc) is 3.23. The van der Waals surface area contributed by atoms with E-state index in [9.17, 15) is 4.79 Å². The van der Waals surface area contributed by atoms with Crippen molar-refractivity contribution in [3.05, 3.63) is 58.9 Å². The van der Waals surface area contributed by atoms with Crippen LogP contribution in [0.1, 0.15) is 20.9 Å². The summed E-state index contributed by atoms with van der Waals surface area (Å²) in [6.45, 7) is 1.52. The molecular formula is C17H20N6OS. The molecule has 0 aliphatic carbocycles. The van der Waals surface area contributed by atoms with Gasteiger partial charge in [-0.25, -0.2) is 0 Å². The Morgan fingerprint density at radius 3 is 2.80 bits per heavy atom. The molecule has 0 atom stereocenters. The molecule has 0 saturated carbocycles. The van der Waals surface area contributed by atoms with Crippen LogP contribution in [0.5, 0.6) is 0 Å². The molecule has 0 bridgehead atoms. The summed E-state index contributed by atoms with van der Waals surface area (Å²) in [5.74, 6) is -0.227. The van der Waals surface area contributed by atoms with Gasteiger partial charge in [-0.3, -0.25) is 14.8 Å². The summed E-state index contributed by atoms with van der Waals surface area (Å²) < 4.78 is 1.74. The molecular weight excluding hydrogens is 336 g/mol. The van der Waals surface area contributed by atoms with E-state index >= 15 is 0 Å². The predicted molar refractivity (Wildman–Crippen MR) is 97.9 cm³/mol. The van der Waals surface area contributed by atoms with Crippen molar-refractivity contribution in [2.75, 3.05) is 26.0 Å². The number of anilines is 1. The van der Waals surface area contributed by atoms with Crippen LogP contribution in [0.25, 0.3) is 0 Å². The molecule has 7 nitrogen and oxygen atoms in total. The summed E-state index contributed by atoms with van der Waals surface area (Å²) >= 11 is 1.40. The lowest BCUT2D eigenvalue weighted by atomic mass is 10.2. The second-order valence-electron chi connectivity index (χ2n) is 5.92. The first-order valence-corrected chi connectivity index (χ1v) is 8.76. The number of likely N-dealkylation sites (N-methyl/N-ethyl adjacent to an activating group) is 1. The highest BCUT2D eigenvalue weighted by Gasteiger charge is 2.12. The second kappa shape index (κ2) is 8.00. The number of aromatic nitrogens is 4. The molecule has 25 heavy (non-hydrogen) atoms. The van der Waals surface area contributed by atoms with Gasteiger partial charge in [0.05, 0.1) is 18.3 Å². The molecule has 130 valence electrons. The second-order valence-corrected chi connectivity index (χ2v) is 6.98. The van der Waals surface area contributed by atoms with E-state index in [1.54, 1.807) is 17.1 Å². The van der Waals surface area contributed by atoms with E-state index in [2.05, 4.69) is 25.5 Å². The minimum atomic E-state index is -0.227. The van der Waals surface area contributed by atoms with E-state index in [4.69, 9.17) is 0 Å². The van der Waals surface area contributed by atoms with Crippen LogP contribution >= 0.6 is 11.3 Å². The highest BCUT2D eigenvalue weighted by molar-refractivity contribution is 7.15. The summed E-state index contributed by atoms with van der Waals surface area (Å²) in [7, 11) is 4.02. The smallest absolute Gasteiger partial charge is 0.260 e. The number of carbonyl (C=O) groups is 1. The van der Waals surface area contributed by atoms with Crippen molar-refractivity contribution in [3.63, 3.8) is 0 Å². The SMILES string of the molecule is CN(C)CCc1nnc(NC(=O)c2cnn(Cc3ccccc3)c2)s1. The third-order valence-electron chi connectivity index (χ3n) is 3.54. The number of rotatable bonds is 7. The Labute approximate surface area is 150 Å². The maximum absolute atomic E-state index is 12.3. The van der Waals surface area contributed by atoms with E-state index in [-0.39, 0.29) is 5.91 Å². The summed E-state index contributed by atoms with van der Waals surface area (Å²) in [4.78, 5) is 14.4. The monoisotopic (exact) mass is 356 g/mol. The predicted octanol–water partition coefficient (Wildman–Crippen LogP) is 2.14. The maximum atomic E-state index is 12.3. The van der Waals surface area contributed by atoms with Crippen LogP contribution in [-0.4, -0.2) is 51.4 Å². The lowest BCUT2D eigenvalue weighted by Crippen LogP contribution is -2.14. The van der Waals surface area contributed by atoms with Gasteiger partial charge in [-0.2, -0.15) is 5.10 Å². The summed E-state index contributed by atoms with van der Waals surface area (Å²) in [5.41, 5.74) is 1.63. The zero-order chi connectivity index (χ0) is 17.6. The molecule has 3 rings (SSSR count). The first-order chi connectivity index (χ1) is 12.1. The van der Waals surface area contributed by atoms with E-state index in [0.29, 0.717) is 17.2 Å². The van der Waals surface area contributed by atoms with Gasteiger partial charge in [-0.15, -0.1) is 10.2 Å². The summed E-state index contributed by atoms with van der Waals surface area (Å²) in [6, 6.07) is 9.99. The quantitative estimate of drug-likeness (QED) is 0.702. The van der Waals surface area contributed by atoms with Gasteiger partial charge in [-0.05, 0) is 19.7 Å². The fourth-order valence-corrected chi connectivity index (χ4v) is 2.96. The lowest BCUT2D eigenvalue weighted by Gasteiger charge is -2.05. The van der Waals surface area contributed by atoms with Gasteiger partial charge in [0.25, 0.3) is 5.91 Å². The Kier molecular flexibility index (Phi) is 5.52. The van der Waals surface area contributed by atoms with Crippen LogP contribution < -0.4 is 5.32 Å². The number of hydrogen-bond acceptors (Lipinski definition) is 6. The van der Waals surface area contributed by atoms with E-state index < -0.39 is 0 Å². The van der Waals surface area contributed by atoms with Crippen LogP contribution in [-0.2, 0) is 13.0 Å². The van der Waals surface area contributed by atoms with Crippen molar-refractivity contribution in [2.45, 2.75) is 13.0 Å². The largest absolute Gasteiger partial charge is 0.309 e. The van der Waals surface area contributed by atoms with E-state index in [1.807, 2.05) is 44.4 Å². The number of nitrogens with one attached hydrogen (secondary N) is 1. The fourth-order valence-electron chi connectivity index (χ4n) is 2.23. The first-order valence-electron chi connectivity index (χ1n) is 7.95. The van der Waals surface area contributed by atoms with Crippen molar-refractivity contribution in [3.8, 4) is 0 Å². The molecule has 2 heterocycles. The zero-order valence-corrected chi connectivity index (χ0v) is 15.0. The molecule has 0 unspecified atom stereocenters. The van der Waals surface area contributed by atoms with Crippen molar-refractivity contribution in [1.82, 2.24) is 24.9 Å². The van der Waals surface area contributed by atoms with Crippen LogP contribution in [0.15, 0.2) is 42.7 Å². The fraction of sp³-hybridized carbons (Fsp3) is 0.294. The molecule has 0 fully saturated rings. The van der Waals surface area contributed by atoms with Gasteiger partial charge >= 0.3 is 0 Å². The van der Waals surface area contributed by atoms with Gasteiger partial charge in [0.1, 0.15) is 5.01 Å². The van der Waals surface area contributed by atoms with Crippen molar-refractivity contribution >= 4 is 22.4 Å². The molecule has 8 heteroatoms. The van der Waals surface area contributed by atoms with Gasteiger partial charge < -0.3 is 4.90 Å². The average molecular weight is 356 g/mol. The summed E-state index contributed by atoms with van der Waals surface area (Å²) in [5, 5.41) is 16.6. The molecule has 1 N–H and O–H groups in total. The first kappa shape index (κ1) is 17.2. The van der Waals surface area contributed by atoms with Gasteiger partial charge in [0.15, 0.2) is 0 Å². The van der Waals surface area contributed by atoms with Crippen LogP contribution in [0.3, 0.4) is 0 Å². The van der Waals surface area contributed by atoms with Gasteiger partial charge in [0, 0.05) is 19.2 Å². The minimum absolute atomic E-state index is 0.227. The third-order valence-corrected chi connectivity index (χ3v) is 4.44. The molecule has 1 aromatic carbocycles. The highest BCUT2D eigenvalue weighted by atomic mass is 32.1. The number of carbonyl (C=O) groups excluding carboxylic acids is 1. The number of nitrogens with zero attached hydrogens (tertiary/aromatic N) is 5. The van der Waals surface area contributed by atoms with Crippen LogP contribution in [0.2, 0.25) is 0 Å². The standard InChI is InChI=1S/C17H20N6OS/c1-22(2)9-8-15-20-21-17(25-15)19-16(24)14-10-18-23(12-14)11-13-6-4-3-5-7-13/h3-7,10,12H,8-9,11H2,1-2H3,(H,19,21,24). The molecule has 0 spiro atoms. The van der Waals surface area contributed by atoms with Crippen LogP contribution in [0.4, 0.5) is 5.13 Å². The Balaban J connectivity index is 1.58.